The second kappa shape index (κ2) is 5.74. The Morgan fingerprint density at radius 1 is 1.20 bits per heavy atom. The lowest BCUT2D eigenvalue weighted by molar-refractivity contribution is -0.122. The van der Waals surface area contributed by atoms with Gasteiger partial charge >= 0.3 is 0 Å². The van der Waals surface area contributed by atoms with E-state index in [0.717, 1.165) is 30.7 Å². The Balaban J connectivity index is 1.67. The third kappa shape index (κ3) is 2.96. The van der Waals surface area contributed by atoms with Crippen LogP contribution in [0.3, 0.4) is 0 Å². The van der Waals surface area contributed by atoms with Gasteiger partial charge in [0.05, 0.1) is 0 Å². The van der Waals surface area contributed by atoms with Crippen LogP contribution in [0.1, 0.15) is 19.3 Å². The van der Waals surface area contributed by atoms with E-state index >= 15 is 0 Å². The molecule has 0 aliphatic heterocycles. The van der Waals surface area contributed by atoms with Crippen LogP contribution in [0.5, 0.6) is 11.6 Å². The van der Waals surface area contributed by atoms with Gasteiger partial charge < -0.3 is 10.1 Å². The number of hydrogen-bond acceptors (Lipinski definition) is 3. The summed E-state index contributed by atoms with van der Waals surface area (Å²) in [4.78, 5) is 16.0. The number of ether oxygens (including phenoxy) is 1. The molecule has 0 radical (unpaired) electrons. The Hall–Kier alpha value is -2.36. The molecule has 4 heteroatoms. The molecular formula is C16H16N2O2. The van der Waals surface area contributed by atoms with E-state index in [1.54, 1.807) is 18.3 Å². The van der Waals surface area contributed by atoms with Crippen molar-refractivity contribution in [3.05, 3.63) is 48.7 Å². The highest BCUT2D eigenvalue weighted by Crippen LogP contribution is 2.28. The minimum Gasteiger partial charge on any atom is -0.439 e. The fraction of sp³-hybridized carbons (Fsp3) is 0.250. The van der Waals surface area contributed by atoms with Crippen molar-refractivity contribution < 1.29 is 9.53 Å². The highest BCUT2D eigenvalue weighted by Gasteiger charge is 2.25. The van der Waals surface area contributed by atoms with E-state index in [9.17, 15) is 4.79 Å². The third-order valence-electron chi connectivity index (χ3n) is 3.44. The Kier molecular flexibility index (Phi) is 3.63. The number of para-hydroxylation sites is 1. The first kappa shape index (κ1) is 12.7. The van der Waals surface area contributed by atoms with Crippen molar-refractivity contribution in [2.45, 2.75) is 19.3 Å². The lowest BCUT2D eigenvalue weighted by Crippen LogP contribution is -2.28. The van der Waals surface area contributed by atoms with Crippen LogP contribution < -0.4 is 10.1 Å². The van der Waals surface area contributed by atoms with E-state index in [1.165, 1.54) is 0 Å². The van der Waals surface area contributed by atoms with Crippen LogP contribution in [0.25, 0.3) is 0 Å². The van der Waals surface area contributed by atoms with Gasteiger partial charge in [-0.2, -0.15) is 0 Å². The largest absolute Gasteiger partial charge is 0.439 e. The standard InChI is InChI=1S/C16H16N2O2/c19-16(12-5-4-6-12)18-13-9-10-17-15(11-13)20-14-7-2-1-3-8-14/h1-3,7-12H,4-6H2,(H,17,18,19). The minimum atomic E-state index is 0.0908. The van der Waals surface area contributed by atoms with E-state index in [1.807, 2.05) is 30.3 Å². The Morgan fingerprint density at radius 2 is 2.00 bits per heavy atom. The number of rotatable bonds is 4. The molecule has 2 aromatic rings. The number of hydrogen-bond donors (Lipinski definition) is 1. The molecule has 0 bridgehead atoms. The molecule has 1 aliphatic carbocycles. The second-order valence-corrected chi connectivity index (χ2v) is 4.91. The molecule has 1 N–H and O–H groups in total. The smallest absolute Gasteiger partial charge is 0.227 e. The summed E-state index contributed by atoms with van der Waals surface area (Å²) in [7, 11) is 0. The average Bonchev–Trinajstić information content (AvgIpc) is 2.38. The van der Waals surface area contributed by atoms with Crippen molar-refractivity contribution in [1.29, 1.82) is 0 Å². The average molecular weight is 268 g/mol. The molecule has 102 valence electrons. The Morgan fingerprint density at radius 3 is 2.70 bits per heavy atom. The molecule has 1 fully saturated rings. The molecule has 3 rings (SSSR count). The summed E-state index contributed by atoms with van der Waals surface area (Å²) in [6.45, 7) is 0. The maximum atomic E-state index is 11.9. The number of pyridine rings is 1. The molecule has 1 saturated carbocycles. The van der Waals surface area contributed by atoms with Gasteiger partial charge in [-0.15, -0.1) is 0 Å². The summed E-state index contributed by atoms with van der Waals surface area (Å²) in [5.74, 6) is 1.46. The molecule has 1 aliphatic rings. The van der Waals surface area contributed by atoms with Crippen LogP contribution in [0.15, 0.2) is 48.7 Å². The summed E-state index contributed by atoms with van der Waals surface area (Å²) < 4.78 is 5.64. The van der Waals surface area contributed by atoms with E-state index in [0.29, 0.717) is 5.88 Å². The van der Waals surface area contributed by atoms with Crippen LogP contribution in [-0.2, 0) is 4.79 Å². The van der Waals surface area contributed by atoms with Crippen molar-refractivity contribution in [2.75, 3.05) is 5.32 Å². The Labute approximate surface area is 117 Å². The molecule has 4 nitrogen and oxygen atoms in total. The zero-order chi connectivity index (χ0) is 13.8. The zero-order valence-electron chi connectivity index (χ0n) is 11.1. The predicted octanol–water partition coefficient (Wildman–Crippen LogP) is 3.61. The number of aromatic nitrogens is 1. The van der Waals surface area contributed by atoms with Crippen LogP contribution in [0, 0.1) is 5.92 Å². The summed E-state index contributed by atoms with van der Waals surface area (Å²) in [5, 5.41) is 2.91. The molecule has 1 aromatic carbocycles. The third-order valence-corrected chi connectivity index (χ3v) is 3.44. The summed E-state index contributed by atoms with van der Waals surface area (Å²) in [6.07, 6.45) is 4.76. The number of nitrogens with one attached hydrogen (secondary N) is 1. The number of anilines is 1. The van der Waals surface area contributed by atoms with Crippen LogP contribution in [-0.4, -0.2) is 10.9 Å². The zero-order valence-corrected chi connectivity index (χ0v) is 11.1. The maximum Gasteiger partial charge on any atom is 0.227 e. The molecule has 20 heavy (non-hydrogen) atoms. The summed E-state index contributed by atoms with van der Waals surface area (Å²) >= 11 is 0. The van der Waals surface area contributed by atoms with Gasteiger partial charge in [0.1, 0.15) is 5.75 Å². The van der Waals surface area contributed by atoms with Crippen LogP contribution in [0.2, 0.25) is 0 Å². The summed E-state index contributed by atoms with van der Waals surface area (Å²) in [6, 6.07) is 13.0. The van der Waals surface area contributed by atoms with Gasteiger partial charge in [0.2, 0.25) is 11.8 Å². The topological polar surface area (TPSA) is 51.2 Å². The summed E-state index contributed by atoms with van der Waals surface area (Å²) in [5.41, 5.74) is 0.725. The van der Waals surface area contributed by atoms with Gasteiger partial charge in [-0.25, -0.2) is 4.98 Å². The first-order valence-electron chi connectivity index (χ1n) is 6.81. The van der Waals surface area contributed by atoms with E-state index in [-0.39, 0.29) is 11.8 Å². The SMILES string of the molecule is O=C(Nc1ccnc(Oc2ccccc2)c1)C1CCC1. The minimum absolute atomic E-state index is 0.0908. The Bertz CT molecular complexity index is 594. The molecular weight excluding hydrogens is 252 g/mol. The van der Waals surface area contributed by atoms with Crippen molar-refractivity contribution in [3.63, 3.8) is 0 Å². The van der Waals surface area contributed by atoms with Crippen molar-refractivity contribution in [2.24, 2.45) is 5.92 Å². The number of carbonyl (C=O) groups excluding carboxylic acids is 1. The molecule has 1 heterocycles. The molecule has 1 amide bonds. The fourth-order valence-electron chi connectivity index (χ4n) is 2.07. The second-order valence-electron chi connectivity index (χ2n) is 4.91. The lowest BCUT2D eigenvalue weighted by Gasteiger charge is -2.24. The number of amides is 1. The lowest BCUT2D eigenvalue weighted by atomic mass is 9.85. The number of carbonyl (C=O) groups is 1. The maximum absolute atomic E-state index is 11.9. The molecule has 0 spiro atoms. The van der Waals surface area contributed by atoms with Crippen LogP contribution in [0.4, 0.5) is 5.69 Å². The first-order valence-corrected chi connectivity index (χ1v) is 6.81. The fourth-order valence-corrected chi connectivity index (χ4v) is 2.07. The van der Waals surface area contributed by atoms with Crippen molar-refractivity contribution in [3.8, 4) is 11.6 Å². The molecule has 0 unspecified atom stereocenters. The molecule has 0 atom stereocenters. The van der Waals surface area contributed by atoms with Gasteiger partial charge in [-0.05, 0) is 31.0 Å². The van der Waals surface area contributed by atoms with Crippen molar-refractivity contribution in [1.82, 2.24) is 4.98 Å². The van der Waals surface area contributed by atoms with Crippen molar-refractivity contribution >= 4 is 11.6 Å². The van der Waals surface area contributed by atoms with Gasteiger partial charge in [0.25, 0.3) is 0 Å². The molecule has 1 aromatic heterocycles. The highest BCUT2D eigenvalue weighted by molar-refractivity contribution is 5.93. The van der Waals surface area contributed by atoms with Crippen LogP contribution >= 0.6 is 0 Å². The van der Waals surface area contributed by atoms with Gasteiger partial charge in [0, 0.05) is 23.9 Å². The number of nitrogens with zero attached hydrogens (tertiary/aromatic N) is 1. The predicted molar refractivity (Wildman–Crippen MR) is 76.7 cm³/mol. The monoisotopic (exact) mass is 268 g/mol. The van der Waals surface area contributed by atoms with E-state index in [2.05, 4.69) is 10.3 Å². The highest BCUT2D eigenvalue weighted by atomic mass is 16.5. The van der Waals surface area contributed by atoms with E-state index in [4.69, 9.17) is 4.74 Å². The number of benzene rings is 1. The molecule has 0 saturated heterocycles. The van der Waals surface area contributed by atoms with E-state index < -0.39 is 0 Å². The first-order chi connectivity index (χ1) is 9.81. The normalized spacial score (nSPS) is 14.4. The van der Waals surface area contributed by atoms with Gasteiger partial charge in [-0.1, -0.05) is 24.6 Å². The van der Waals surface area contributed by atoms with Gasteiger partial charge in [-0.3, -0.25) is 4.79 Å². The quantitative estimate of drug-likeness (QED) is 0.921. The van der Waals surface area contributed by atoms with Gasteiger partial charge in [0.15, 0.2) is 0 Å².